The van der Waals surface area contributed by atoms with Crippen molar-refractivity contribution < 1.29 is 9.53 Å². The van der Waals surface area contributed by atoms with Crippen molar-refractivity contribution in [3.05, 3.63) is 64.4 Å². The molecule has 162 valence electrons. The van der Waals surface area contributed by atoms with Crippen LogP contribution in [-0.2, 0) is 13.7 Å². The number of carbonyl (C=O) groups excluding carboxylic acids is 1. The van der Waals surface area contributed by atoms with E-state index in [2.05, 4.69) is 4.90 Å². The Morgan fingerprint density at radius 1 is 1.10 bits per heavy atom. The predicted molar refractivity (Wildman–Crippen MR) is 124 cm³/mol. The van der Waals surface area contributed by atoms with Gasteiger partial charge in [-0.3, -0.25) is 9.69 Å². The summed E-state index contributed by atoms with van der Waals surface area (Å²) in [6.45, 7) is 4.39. The van der Waals surface area contributed by atoms with Gasteiger partial charge in [0, 0.05) is 37.2 Å². The van der Waals surface area contributed by atoms with E-state index in [9.17, 15) is 4.79 Å². The van der Waals surface area contributed by atoms with Crippen LogP contribution in [0.2, 0.25) is 0 Å². The largest absolute Gasteiger partial charge is 0.497 e. The molecule has 0 N–H and O–H groups in total. The number of likely N-dealkylation sites (tertiary alicyclic amines) is 1. The number of aromatic nitrogens is 3. The summed E-state index contributed by atoms with van der Waals surface area (Å²) in [6, 6.07) is 15.7. The van der Waals surface area contributed by atoms with Gasteiger partial charge in [0.1, 0.15) is 5.75 Å². The van der Waals surface area contributed by atoms with E-state index in [1.54, 1.807) is 7.11 Å². The molecule has 0 spiro atoms. The molecule has 0 unspecified atom stereocenters. The number of benzene rings is 2. The molecule has 3 aromatic rings. The van der Waals surface area contributed by atoms with Gasteiger partial charge >= 0.3 is 0 Å². The number of hydrogen-bond donors (Lipinski definition) is 0. The van der Waals surface area contributed by atoms with E-state index >= 15 is 0 Å². The van der Waals surface area contributed by atoms with Crippen LogP contribution in [0.15, 0.2) is 48.5 Å². The SMILES string of the molecule is COc1ccc(-c2nn(CN3CCC(C(=O)c4ccc(C)cc4)CC3)c(=S)n2C)cc1. The summed E-state index contributed by atoms with van der Waals surface area (Å²) in [5.74, 6) is 1.99. The number of piperidine rings is 1. The van der Waals surface area contributed by atoms with Crippen molar-refractivity contribution in [2.75, 3.05) is 20.2 Å². The monoisotopic (exact) mass is 436 g/mol. The molecule has 7 heteroatoms. The van der Waals surface area contributed by atoms with Crippen LogP contribution >= 0.6 is 12.2 Å². The van der Waals surface area contributed by atoms with Gasteiger partial charge in [-0.2, -0.15) is 5.10 Å². The lowest BCUT2D eigenvalue weighted by atomic mass is 9.89. The molecule has 6 nitrogen and oxygen atoms in total. The predicted octanol–water partition coefficient (Wildman–Crippen LogP) is 4.49. The molecule has 0 atom stereocenters. The lowest BCUT2D eigenvalue weighted by Crippen LogP contribution is -2.37. The Kier molecular flexibility index (Phi) is 6.34. The highest BCUT2D eigenvalue weighted by Gasteiger charge is 2.26. The first-order chi connectivity index (χ1) is 15.0. The maximum Gasteiger partial charge on any atom is 0.199 e. The fourth-order valence-electron chi connectivity index (χ4n) is 4.05. The van der Waals surface area contributed by atoms with Gasteiger partial charge in [0.2, 0.25) is 0 Å². The number of hydrogen-bond acceptors (Lipinski definition) is 5. The second kappa shape index (κ2) is 9.16. The van der Waals surface area contributed by atoms with Gasteiger partial charge in [0.15, 0.2) is 16.4 Å². The Bertz CT molecular complexity index is 1110. The van der Waals surface area contributed by atoms with Crippen LogP contribution in [0.1, 0.15) is 28.8 Å². The molecule has 1 aliphatic rings. The van der Waals surface area contributed by atoms with Crippen LogP contribution < -0.4 is 4.74 Å². The first kappa shape index (κ1) is 21.5. The third kappa shape index (κ3) is 4.62. The number of aryl methyl sites for hydroxylation is 1. The van der Waals surface area contributed by atoms with Crippen LogP contribution in [-0.4, -0.2) is 45.2 Å². The van der Waals surface area contributed by atoms with E-state index < -0.39 is 0 Å². The molecular weight excluding hydrogens is 408 g/mol. The molecular formula is C24H28N4O2S. The molecule has 1 fully saturated rings. The molecule has 4 rings (SSSR count). The molecule has 0 bridgehead atoms. The summed E-state index contributed by atoms with van der Waals surface area (Å²) in [4.78, 5) is 15.1. The Balaban J connectivity index is 1.41. The minimum Gasteiger partial charge on any atom is -0.497 e. The average Bonchev–Trinajstić information content (AvgIpc) is 3.08. The van der Waals surface area contributed by atoms with Crippen LogP contribution in [0.5, 0.6) is 5.75 Å². The van der Waals surface area contributed by atoms with Crippen molar-refractivity contribution in [2.24, 2.45) is 13.0 Å². The lowest BCUT2D eigenvalue weighted by Gasteiger charge is -2.30. The number of nitrogens with zero attached hydrogens (tertiary/aromatic N) is 4. The Morgan fingerprint density at radius 2 is 1.74 bits per heavy atom. The third-order valence-corrected chi connectivity index (χ3v) is 6.50. The van der Waals surface area contributed by atoms with E-state index in [-0.39, 0.29) is 11.7 Å². The number of methoxy groups -OCH3 is 1. The standard InChI is InChI=1S/C24H28N4O2S/c1-17-4-6-18(7-5-17)22(29)19-12-14-27(15-13-19)16-28-24(31)26(2)23(25-28)20-8-10-21(30-3)11-9-20/h4-11,19H,12-16H2,1-3H3. The van der Waals surface area contributed by atoms with Crippen molar-refractivity contribution in [1.82, 2.24) is 19.2 Å². The van der Waals surface area contributed by atoms with Gasteiger partial charge in [-0.05, 0) is 56.2 Å². The number of rotatable bonds is 6. The molecule has 1 aliphatic heterocycles. The zero-order valence-electron chi connectivity index (χ0n) is 18.2. The maximum atomic E-state index is 12.8. The fourth-order valence-corrected chi connectivity index (χ4v) is 4.24. The highest BCUT2D eigenvalue weighted by Crippen LogP contribution is 2.24. The summed E-state index contributed by atoms with van der Waals surface area (Å²) in [5, 5.41) is 4.77. The molecule has 0 radical (unpaired) electrons. The second-order valence-electron chi connectivity index (χ2n) is 8.16. The summed E-state index contributed by atoms with van der Waals surface area (Å²) < 4.78 is 9.73. The van der Waals surface area contributed by atoms with E-state index in [0.29, 0.717) is 11.4 Å². The van der Waals surface area contributed by atoms with Gasteiger partial charge in [0.05, 0.1) is 13.8 Å². The molecule has 0 saturated carbocycles. The zero-order valence-corrected chi connectivity index (χ0v) is 19.1. The summed E-state index contributed by atoms with van der Waals surface area (Å²) in [6.07, 6.45) is 1.72. The van der Waals surface area contributed by atoms with Crippen molar-refractivity contribution in [3.8, 4) is 17.1 Å². The van der Waals surface area contributed by atoms with Gasteiger partial charge in [-0.15, -0.1) is 0 Å². The van der Waals surface area contributed by atoms with Gasteiger partial charge < -0.3 is 9.30 Å². The minimum absolute atomic E-state index is 0.0884. The van der Waals surface area contributed by atoms with E-state index in [4.69, 9.17) is 22.1 Å². The number of carbonyl (C=O) groups is 1. The Hall–Kier alpha value is -2.77. The second-order valence-corrected chi connectivity index (χ2v) is 8.52. The lowest BCUT2D eigenvalue weighted by molar-refractivity contribution is 0.0803. The number of ether oxygens (including phenoxy) is 1. The Labute approximate surface area is 188 Å². The normalized spacial score (nSPS) is 15.2. The average molecular weight is 437 g/mol. The van der Waals surface area contributed by atoms with E-state index in [1.165, 1.54) is 5.56 Å². The fraction of sp³-hybridized carbons (Fsp3) is 0.375. The van der Waals surface area contributed by atoms with Crippen LogP contribution in [0.25, 0.3) is 11.4 Å². The first-order valence-electron chi connectivity index (χ1n) is 10.6. The smallest absolute Gasteiger partial charge is 0.199 e. The minimum atomic E-state index is 0.0884. The molecule has 31 heavy (non-hydrogen) atoms. The number of Topliss-reactive ketones (excluding diaryl/α,β-unsaturated/α-hetero) is 1. The van der Waals surface area contributed by atoms with Crippen molar-refractivity contribution in [3.63, 3.8) is 0 Å². The third-order valence-electron chi connectivity index (χ3n) is 6.02. The highest BCUT2D eigenvalue weighted by molar-refractivity contribution is 7.71. The quantitative estimate of drug-likeness (QED) is 0.421. The number of ketones is 1. The molecule has 1 aromatic heterocycles. The summed E-state index contributed by atoms with van der Waals surface area (Å²) >= 11 is 5.63. The zero-order chi connectivity index (χ0) is 22.0. The summed E-state index contributed by atoms with van der Waals surface area (Å²) in [7, 11) is 3.60. The van der Waals surface area contributed by atoms with Crippen LogP contribution in [0.4, 0.5) is 0 Å². The van der Waals surface area contributed by atoms with Crippen LogP contribution in [0, 0.1) is 17.6 Å². The molecule has 0 aliphatic carbocycles. The topological polar surface area (TPSA) is 52.3 Å². The van der Waals surface area contributed by atoms with E-state index in [1.807, 2.05) is 71.8 Å². The maximum absolute atomic E-state index is 12.8. The molecule has 2 aromatic carbocycles. The molecule has 1 saturated heterocycles. The van der Waals surface area contributed by atoms with E-state index in [0.717, 1.165) is 48.6 Å². The highest BCUT2D eigenvalue weighted by atomic mass is 32.1. The Morgan fingerprint density at radius 3 is 2.35 bits per heavy atom. The van der Waals surface area contributed by atoms with Gasteiger partial charge in [0.25, 0.3) is 0 Å². The van der Waals surface area contributed by atoms with Gasteiger partial charge in [-0.25, -0.2) is 4.68 Å². The van der Waals surface area contributed by atoms with Crippen LogP contribution in [0.3, 0.4) is 0 Å². The van der Waals surface area contributed by atoms with Crippen molar-refractivity contribution >= 4 is 18.0 Å². The van der Waals surface area contributed by atoms with Crippen molar-refractivity contribution in [2.45, 2.75) is 26.4 Å². The molecule has 2 heterocycles. The van der Waals surface area contributed by atoms with Crippen molar-refractivity contribution in [1.29, 1.82) is 0 Å². The van der Waals surface area contributed by atoms with Gasteiger partial charge in [-0.1, -0.05) is 29.8 Å². The first-order valence-corrected chi connectivity index (χ1v) is 11.0. The summed E-state index contributed by atoms with van der Waals surface area (Å²) in [5.41, 5.74) is 2.99. The molecule has 0 amide bonds.